The Kier molecular flexibility index (Phi) is 5.20. The highest BCUT2D eigenvalue weighted by Gasteiger charge is 2.50. The van der Waals surface area contributed by atoms with Crippen molar-refractivity contribution in [2.24, 2.45) is 0 Å². The number of amides is 4. The molecule has 1 unspecified atom stereocenters. The predicted molar refractivity (Wildman–Crippen MR) is 104 cm³/mol. The number of urea groups is 1. The Labute approximate surface area is 176 Å². The Morgan fingerprint density at radius 3 is 2.45 bits per heavy atom. The van der Waals surface area contributed by atoms with Crippen molar-refractivity contribution in [3.8, 4) is 0 Å². The minimum atomic E-state index is -1.64. The first-order chi connectivity index (χ1) is 14.7. The lowest BCUT2D eigenvalue weighted by Crippen LogP contribution is -2.45. The second kappa shape index (κ2) is 7.72. The van der Waals surface area contributed by atoms with Crippen molar-refractivity contribution in [2.75, 3.05) is 6.54 Å². The fraction of sp³-hybridized carbons (Fsp3) is 0.318. The molecule has 1 atom stereocenters. The molecule has 0 aromatic heterocycles. The van der Waals surface area contributed by atoms with Crippen LogP contribution in [0.15, 0.2) is 42.5 Å². The van der Waals surface area contributed by atoms with Gasteiger partial charge in [0, 0.05) is 18.2 Å². The minimum absolute atomic E-state index is 0.0280. The maximum absolute atomic E-state index is 14.1. The van der Waals surface area contributed by atoms with Crippen LogP contribution >= 0.6 is 0 Å². The first-order valence-electron chi connectivity index (χ1n) is 9.83. The van der Waals surface area contributed by atoms with Crippen molar-refractivity contribution in [1.82, 2.24) is 15.1 Å². The van der Waals surface area contributed by atoms with Crippen LogP contribution < -0.4 is 5.32 Å². The summed E-state index contributed by atoms with van der Waals surface area (Å²) in [6.45, 7) is 0.859. The van der Waals surface area contributed by atoms with Gasteiger partial charge in [0.1, 0.15) is 17.9 Å². The molecule has 9 heteroatoms. The summed E-state index contributed by atoms with van der Waals surface area (Å²) in [6.07, 6.45) is 1.51. The molecule has 0 spiro atoms. The van der Waals surface area contributed by atoms with Crippen molar-refractivity contribution in [3.63, 3.8) is 0 Å². The highest BCUT2D eigenvalue weighted by atomic mass is 19.2. The van der Waals surface area contributed by atoms with Crippen LogP contribution in [0.1, 0.15) is 30.9 Å². The van der Waals surface area contributed by atoms with Gasteiger partial charge in [0.2, 0.25) is 5.91 Å². The number of imide groups is 1. The van der Waals surface area contributed by atoms with E-state index in [1.54, 1.807) is 18.2 Å². The monoisotopic (exact) mass is 431 g/mol. The number of nitrogens with one attached hydrogen (secondary N) is 1. The molecule has 1 saturated carbocycles. The van der Waals surface area contributed by atoms with Gasteiger partial charge >= 0.3 is 6.03 Å². The van der Waals surface area contributed by atoms with E-state index < -0.39 is 47.4 Å². The van der Waals surface area contributed by atoms with E-state index in [0.717, 1.165) is 29.9 Å². The number of nitrogens with zero attached hydrogens (tertiary/aromatic N) is 2. The van der Waals surface area contributed by atoms with Crippen LogP contribution in [-0.2, 0) is 21.7 Å². The maximum Gasteiger partial charge on any atom is 0.325 e. The topological polar surface area (TPSA) is 69.7 Å². The van der Waals surface area contributed by atoms with E-state index in [4.69, 9.17) is 0 Å². The Hall–Kier alpha value is -3.36. The highest BCUT2D eigenvalue weighted by Crippen LogP contribution is 2.32. The Morgan fingerprint density at radius 2 is 1.81 bits per heavy atom. The molecular weight excluding hydrogens is 411 g/mol. The average molecular weight is 431 g/mol. The summed E-state index contributed by atoms with van der Waals surface area (Å²) in [4.78, 5) is 40.6. The Balaban J connectivity index is 1.53. The summed E-state index contributed by atoms with van der Waals surface area (Å²) >= 11 is 0. The molecule has 6 nitrogen and oxygen atoms in total. The zero-order valence-corrected chi connectivity index (χ0v) is 16.7. The molecule has 2 aromatic carbocycles. The van der Waals surface area contributed by atoms with E-state index >= 15 is 0 Å². The van der Waals surface area contributed by atoms with Crippen molar-refractivity contribution < 1.29 is 27.6 Å². The fourth-order valence-electron chi connectivity index (χ4n) is 3.69. The van der Waals surface area contributed by atoms with E-state index in [-0.39, 0.29) is 18.2 Å². The lowest BCUT2D eigenvalue weighted by atomic mass is 9.92. The molecule has 0 bridgehead atoms. The third kappa shape index (κ3) is 3.87. The zero-order chi connectivity index (χ0) is 22.3. The molecule has 4 rings (SSSR count). The standard InChI is InChI=1S/C22H20F3N3O3/c1-22(14-6-9-17(24)18(25)10-14)20(30)28(21(31)26-22)12-19(29)27(15-7-8-15)11-13-4-2-3-5-16(13)23/h2-6,9-10,15H,7-8,11-12H2,1H3,(H,26,31). The van der Waals surface area contributed by atoms with Gasteiger partial charge in [-0.1, -0.05) is 24.3 Å². The number of carbonyl (C=O) groups is 3. The molecule has 4 amide bonds. The van der Waals surface area contributed by atoms with E-state index in [2.05, 4.69) is 5.32 Å². The highest BCUT2D eigenvalue weighted by molar-refractivity contribution is 6.09. The smallest absolute Gasteiger partial charge is 0.325 e. The number of carbonyl (C=O) groups excluding carboxylic acids is 3. The molecule has 1 N–H and O–H groups in total. The molecule has 31 heavy (non-hydrogen) atoms. The minimum Gasteiger partial charge on any atom is -0.334 e. The normalized spacial score (nSPS) is 20.7. The lowest BCUT2D eigenvalue weighted by molar-refractivity contribution is -0.139. The lowest BCUT2D eigenvalue weighted by Gasteiger charge is -2.26. The SMILES string of the molecule is CC1(c2ccc(F)c(F)c2)NC(=O)N(CC(=O)N(Cc2ccccc2F)C2CC2)C1=O. The first kappa shape index (κ1) is 20.9. The van der Waals surface area contributed by atoms with Crippen LogP contribution in [0.3, 0.4) is 0 Å². The number of hydrogen-bond donors (Lipinski definition) is 1. The summed E-state index contributed by atoms with van der Waals surface area (Å²) in [5.41, 5.74) is -1.24. The zero-order valence-electron chi connectivity index (χ0n) is 16.7. The van der Waals surface area contributed by atoms with Gasteiger partial charge in [0.05, 0.1) is 0 Å². The molecule has 2 aliphatic rings. The van der Waals surface area contributed by atoms with E-state index in [1.165, 1.54) is 24.0 Å². The van der Waals surface area contributed by atoms with Crippen molar-refractivity contribution >= 4 is 17.8 Å². The number of rotatable bonds is 6. The predicted octanol–water partition coefficient (Wildman–Crippen LogP) is 3.06. The second-order valence-electron chi connectivity index (χ2n) is 7.92. The van der Waals surface area contributed by atoms with Crippen LogP contribution in [-0.4, -0.2) is 40.2 Å². The molecule has 1 aliphatic carbocycles. The van der Waals surface area contributed by atoms with Crippen molar-refractivity contribution in [1.29, 1.82) is 0 Å². The average Bonchev–Trinajstić information content (AvgIpc) is 3.54. The quantitative estimate of drug-likeness (QED) is 0.715. The summed E-state index contributed by atoms with van der Waals surface area (Å²) in [5, 5.41) is 2.46. The number of halogens is 3. The fourth-order valence-corrected chi connectivity index (χ4v) is 3.69. The third-order valence-corrected chi connectivity index (χ3v) is 5.67. The van der Waals surface area contributed by atoms with Gasteiger partial charge in [-0.15, -0.1) is 0 Å². The summed E-state index contributed by atoms with van der Waals surface area (Å²) in [6, 6.07) is 8.11. The van der Waals surface area contributed by atoms with Crippen LogP contribution in [0.5, 0.6) is 0 Å². The summed E-state index contributed by atoms with van der Waals surface area (Å²) in [7, 11) is 0. The van der Waals surface area contributed by atoms with Gasteiger partial charge in [-0.3, -0.25) is 14.5 Å². The van der Waals surface area contributed by atoms with Gasteiger partial charge < -0.3 is 10.2 Å². The van der Waals surface area contributed by atoms with E-state index in [0.29, 0.717) is 5.56 Å². The van der Waals surface area contributed by atoms with Crippen LogP contribution in [0.2, 0.25) is 0 Å². The second-order valence-corrected chi connectivity index (χ2v) is 7.92. The number of hydrogen-bond acceptors (Lipinski definition) is 3. The third-order valence-electron chi connectivity index (χ3n) is 5.67. The van der Waals surface area contributed by atoms with Crippen LogP contribution in [0.4, 0.5) is 18.0 Å². The maximum atomic E-state index is 14.1. The molecule has 162 valence electrons. The molecule has 1 saturated heterocycles. The largest absolute Gasteiger partial charge is 0.334 e. The van der Waals surface area contributed by atoms with Crippen LogP contribution in [0.25, 0.3) is 0 Å². The van der Waals surface area contributed by atoms with Gasteiger partial charge in [0.15, 0.2) is 11.6 Å². The molecule has 2 aromatic rings. The number of benzene rings is 2. The molecule has 1 aliphatic heterocycles. The summed E-state index contributed by atoms with van der Waals surface area (Å²) < 4.78 is 41.0. The molecular formula is C22H20F3N3O3. The Bertz CT molecular complexity index is 1070. The molecule has 2 fully saturated rings. The van der Waals surface area contributed by atoms with Crippen LogP contribution in [0, 0.1) is 17.5 Å². The van der Waals surface area contributed by atoms with Crippen molar-refractivity contribution in [2.45, 2.75) is 37.9 Å². The Morgan fingerprint density at radius 1 is 1.10 bits per heavy atom. The van der Waals surface area contributed by atoms with E-state index in [9.17, 15) is 27.6 Å². The first-order valence-corrected chi connectivity index (χ1v) is 9.83. The molecule has 1 heterocycles. The van der Waals surface area contributed by atoms with E-state index in [1.807, 2.05) is 0 Å². The van der Waals surface area contributed by atoms with Gasteiger partial charge in [0.25, 0.3) is 5.91 Å². The van der Waals surface area contributed by atoms with Crippen molar-refractivity contribution in [3.05, 3.63) is 71.0 Å². The van der Waals surface area contributed by atoms with Gasteiger partial charge in [-0.05, 0) is 43.5 Å². The van der Waals surface area contributed by atoms with Gasteiger partial charge in [-0.25, -0.2) is 18.0 Å². The van der Waals surface area contributed by atoms with Gasteiger partial charge in [-0.2, -0.15) is 0 Å². The summed E-state index contributed by atoms with van der Waals surface area (Å²) in [5.74, 6) is -3.92. The molecule has 0 radical (unpaired) electrons.